The van der Waals surface area contributed by atoms with Crippen LogP contribution in [0.1, 0.15) is 18.1 Å². The van der Waals surface area contributed by atoms with Crippen molar-refractivity contribution < 1.29 is 17.9 Å². The van der Waals surface area contributed by atoms with Gasteiger partial charge in [0.25, 0.3) is 15.9 Å². The highest BCUT2D eigenvalue weighted by atomic mass is 32.2. The third-order valence-corrected chi connectivity index (χ3v) is 7.13. The zero-order valence-corrected chi connectivity index (χ0v) is 20.2. The molecule has 4 aromatic rings. The topological polar surface area (TPSA) is 104 Å². The molecule has 9 heteroatoms. The third-order valence-electron chi connectivity index (χ3n) is 5.35. The zero-order chi connectivity index (χ0) is 24.8. The molecule has 0 saturated heterocycles. The number of nitrogens with zero attached hydrogens (tertiary/aromatic N) is 2. The Balaban J connectivity index is 1.55. The molecule has 0 saturated carbocycles. The van der Waals surface area contributed by atoms with Crippen LogP contribution >= 0.6 is 0 Å². The second-order valence-electron chi connectivity index (χ2n) is 7.83. The van der Waals surface area contributed by atoms with E-state index < -0.39 is 22.5 Å². The van der Waals surface area contributed by atoms with Crippen LogP contribution in [0.2, 0.25) is 0 Å². The minimum Gasteiger partial charge on any atom is -0.494 e. The fourth-order valence-corrected chi connectivity index (χ4v) is 4.99. The molecule has 0 bridgehead atoms. The SMILES string of the molecule is CCOc1ccc(S(=O)(=O)N(CC(=O)NN=Cc2c[nH]c3ccccc23)c2ccc(C)cc2)cc1. The highest BCUT2D eigenvalue weighted by Gasteiger charge is 2.27. The van der Waals surface area contributed by atoms with Gasteiger partial charge in [0, 0.05) is 22.7 Å². The van der Waals surface area contributed by atoms with Gasteiger partial charge in [-0.1, -0.05) is 35.9 Å². The van der Waals surface area contributed by atoms with Crippen molar-refractivity contribution in [3.8, 4) is 5.75 Å². The Kier molecular flexibility index (Phi) is 7.17. The molecule has 1 aromatic heterocycles. The summed E-state index contributed by atoms with van der Waals surface area (Å²) in [6.07, 6.45) is 3.31. The quantitative estimate of drug-likeness (QED) is 0.271. The third kappa shape index (κ3) is 5.52. The number of para-hydroxylation sites is 1. The number of aromatic amines is 1. The number of sulfonamides is 1. The lowest BCUT2D eigenvalue weighted by Gasteiger charge is -2.24. The van der Waals surface area contributed by atoms with E-state index in [2.05, 4.69) is 15.5 Å². The van der Waals surface area contributed by atoms with Gasteiger partial charge in [-0.2, -0.15) is 5.10 Å². The first kappa shape index (κ1) is 24.0. The first-order chi connectivity index (χ1) is 16.9. The number of hydrogen-bond donors (Lipinski definition) is 2. The van der Waals surface area contributed by atoms with E-state index in [4.69, 9.17) is 4.74 Å². The molecule has 1 amide bonds. The number of carbonyl (C=O) groups excluding carboxylic acids is 1. The van der Waals surface area contributed by atoms with Gasteiger partial charge in [-0.05, 0) is 56.3 Å². The molecule has 0 fully saturated rings. The second kappa shape index (κ2) is 10.4. The highest BCUT2D eigenvalue weighted by molar-refractivity contribution is 7.92. The van der Waals surface area contributed by atoms with E-state index in [1.54, 1.807) is 42.6 Å². The number of aryl methyl sites for hydroxylation is 1. The minimum absolute atomic E-state index is 0.0524. The van der Waals surface area contributed by atoms with Crippen molar-refractivity contribution in [2.75, 3.05) is 17.5 Å². The number of benzene rings is 3. The molecule has 3 aromatic carbocycles. The van der Waals surface area contributed by atoms with Gasteiger partial charge in [0.2, 0.25) is 0 Å². The number of rotatable bonds is 9. The van der Waals surface area contributed by atoms with Crippen molar-refractivity contribution in [3.63, 3.8) is 0 Å². The van der Waals surface area contributed by atoms with E-state index in [-0.39, 0.29) is 4.90 Å². The van der Waals surface area contributed by atoms with Crippen LogP contribution in [-0.2, 0) is 14.8 Å². The number of anilines is 1. The van der Waals surface area contributed by atoms with E-state index in [0.717, 1.165) is 26.3 Å². The second-order valence-corrected chi connectivity index (χ2v) is 9.70. The van der Waals surface area contributed by atoms with Gasteiger partial charge < -0.3 is 9.72 Å². The number of amides is 1. The number of carbonyl (C=O) groups is 1. The van der Waals surface area contributed by atoms with Crippen LogP contribution in [0.25, 0.3) is 10.9 Å². The summed E-state index contributed by atoms with van der Waals surface area (Å²) in [6.45, 7) is 3.79. The number of ether oxygens (including phenoxy) is 1. The molecule has 0 aliphatic heterocycles. The van der Waals surface area contributed by atoms with E-state index in [9.17, 15) is 13.2 Å². The molecule has 8 nitrogen and oxygen atoms in total. The summed E-state index contributed by atoms with van der Waals surface area (Å²) in [5.74, 6) is -0.00567. The van der Waals surface area contributed by atoms with Crippen molar-refractivity contribution >= 4 is 38.7 Å². The Morgan fingerprint density at radius 2 is 1.77 bits per heavy atom. The van der Waals surface area contributed by atoms with Crippen LogP contribution in [0.15, 0.2) is 89.0 Å². The van der Waals surface area contributed by atoms with Crippen LogP contribution < -0.4 is 14.5 Å². The van der Waals surface area contributed by atoms with E-state index >= 15 is 0 Å². The molecular weight excluding hydrogens is 464 g/mol. The van der Waals surface area contributed by atoms with Crippen molar-refractivity contribution in [2.24, 2.45) is 5.10 Å². The summed E-state index contributed by atoms with van der Waals surface area (Å²) in [4.78, 5) is 15.9. The monoisotopic (exact) mass is 490 g/mol. The first-order valence-corrected chi connectivity index (χ1v) is 12.5. The first-order valence-electron chi connectivity index (χ1n) is 11.1. The predicted octanol–water partition coefficient (Wildman–Crippen LogP) is 4.22. The molecule has 1 heterocycles. The average Bonchev–Trinajstić information content (AvgIpc) is 3.27. The molecule has 0 aliphatic carbocycles. The van der Waals surface area contributed by atoms with E-state index in [0.29, 0.717) is 18.0 Å². The maximum absolute atomic E-state index is 13.5. The number of fused-ring (bicyclic) bond motifs is 1. The van der Waals surface area contributed by atoms with Crippen LogP contribution in [0.5, 0.6) is 5.75 Å². The van der Waals surface area contributed by atoms with Crippen LogP contribution in [0.3, 0.4) is 0 Å². The lowest BCUT2D eigenvalue weighted by Crippen LogP contribution is -2.39. The van der Waals surface area contributed by atoms with Crippen molar-refractivity contribution in [2.45, 2.75) is 18.7 Å². The van der Waals surface area contributed by atoms with Crippen molar-refractivity contribution in [3.05, 3.63) is 90.1 Å². The summed E-state index contributed by atoms with van der Waals surface area (Å²) in [5, 5.41) is 4.99. The van der Waals surface area contributed by atoms with Crippen LogP contribution in [-0.4, -0.2) is 38.7 Å². The number of hydrogen-bond acceptors (Lipinski definition) is 5. The Morgan fingerprint density at radius 1 is 1.06 bits per heavy atom. The molecule has 35 heavy (non-hydrogen) atoms. The standard InChI is InChI=1S/C26H26N4O4S/c1-3-34-22-12-14-23(15-13-22)35(32,33)30(21-10-8-19(2)9-11-21)18-26(31)29-28-17-20-16-27-25-7-5-4-6-24(20)25/h4-17,27H,3,18H2,1-2H3,(H,29,31). The van der Waals surface area contributed by atoms with Crippen molar-refractivity contribution in [1.82, 2.24) is 10.4 Å². The summed E-state index contributed by atoms with van der Waals surface area (Å²) in [7, 11) is -4.03. The fraction of sp³-hybridized carbons (Fsp3) is 0.154. The van der Waals surface area contributed by atoms with Gasteiger partial charge in [-0.25, -0.2) is 13.8 Å². The Bertz CT molecular complexity index is 1440. The van der Waals surface area contributed by atoms with Gasteiger partial charge in [-0.15, -0.1) is 0 Å². The molecule has 0 unspecified atom stereocenters. The van der Waals surface area contributed by atoms with Crippen LogP contribution in [0.4, 0.5) is 5.69 Å². The molecule has 0 spiro atoms. The largest absolute Gasteiger partial charge is 0.494 e. The number of nitrogens with one attached hydrogen (secondary N) is 2. The fourth-order valence-electron chi connectivity index (χ4n) is 3.57. The maximum atomic E-state index is 13.5. The highest BCUT2D eigenvalue weighted by Crippen LogP contribution is 2.25. The lowest BCUT2D eigenvalue weighted by atomic mass is 10.2. The molecule has 0 atom stereocenters. The van der Waals surface area contributed by atoms with E-state index in [1.807, 2.05) is 38.1 Å². The summed E-state index contributed by atoms with van der Waals surface area (Å²) in [6, 6.07) is 20.8. The zero-order valence-electron chi connectivity index (χ0n) is 19.4. The normalized spacial score (nSPS) is 11.6. The summed E-state index contributed by atoms with van der Waals surface area (Å²) >= 11 is 0. The molecule has 4 rings (SSSR count). The summed E-state index contributed by atoms with van der Waals surface area (Å²) < 4.78 is 33.5. The number of hydrazone groups is 1. The molecule has 0 aliphatic rings. The Labute approximate surface area is 204 Å². The lowest BCUT2D eigenvalue weighted by molar-refractivity contribution is -0.119. The Morgan fingerprint density at radius 3 is 2.49 bits per heavy atom. The van der Waals surface area contributed by atoms with E-state index in [1.165, 1.54) is 18.3 Å². The van der Waals surface area contributed by atoms with Gasteiger partial charge in [0.05, 0.1) is 23.4 Å². The molecule has 0 radical (unpaired) electrons. The molecule has 2 N–H and O–H groups in total. The smallest absolute Gasteiger partial charge is 0.264 e. The minimum atomic E-state index is -4.03. The van der Waals surface area contributed by atoms with Gasteiger partial charge in [0.1, 0.15) is 12.3 Å². The van der Waals surface area contributed by atoms with Crippen molar-refractivity contribution in [1.29, 1.82) is 0 Å². The maximum Gasteiger partial charge on any atom is 0.264 e. The van der Waals surface area contributed by atoms with Gasteiger partial charge >= 0.3 is 0 Å². The van der Waals surface area contributed by atoms with Gasteiger partial charge in [-0.3, -0.25) is 9.10 Å². The average molecular weight is 491 g/mol. The molecular formula is C26H26N4O4S. The summed E-state index contributed by atoms with van der Waals surface area (Å²) in [5.41, 5.74) is 5.54. The molecule has 180 valence electrons. The Hall–Kier alpha value is -4.11. The number of H-pyrrole nitrogens is 1. The van der Waals surface area contributed by atoms with Gasteiger partial charge in [0.15, 0.2) is 0 Å². The predicted molar refractivity (Wildman–Crippen MR) is 137 cm³/mol. The number of aromatic nitrogens is 1. The van der Waals surface area contributed by atoms with Crippen LogP contribution in [0, 0.1) is 6.92 Å².